The van der Waals surface area contributed by atoms with Crippen molar-refractivity contribution in [2.45, 2.75) is 26.7 Å². The Bertz CT molecular complexity index is 776. The lowest BCUT2D eigenvalue weighted by Gasteiger charge is -2.35. The summed E-state index contributed by atoms with van der Waals surface area (Å²) < 4.78 is 5.23. The fourth-order valence-corrected chi connectivity index (χ4v) is 3.74. The molecule has 0 radical (unpaired) electrons. The number of furan rings is 1. The summed E-state index contributed by atoms with van der Waals surface area (Å²) in [5.74, 6) is 2.94. The summed E-state index contributed by atoms with van der Waals surface area (Å²) in [4.78, 5) is 28.3. The molecule has 0 atom stereocenters. The molecule has 0 aromatic carbocycles. The quantitative estimate of drug-likeness (QED) is 0.828. The number of anilines is 2. The van der Waals surface area contributed by atoms with Crippen LogP contribution in [-0.4, -0.2) is 60.0 Å². The van der Waals surface area contributed by atoms with E-state index in [1.165, 1.54) is 19.1 Å². The van der Waals surface area contributed by atoms with E-state index in [2.05, 4.69) is 27.8 Å². The van der Waals surface area contributed by atoms with Gasteiger partial charge in [0.05, 0.1) is 6.26 Å². The van der Waals surface area contributed by atoms with Gasteiger partial charge >= 0.3 is 0 Å². The van der Waals surface area contributed by atoms with Crippen LogP contribution in [0, 0.1) is 12.8 Å². The fraction of sp³-hybridized carbons (Fsp3) is 0.550. The molecule has 4 heterocycles. The Labute approximate surface area is 160 Å². The lowest BCUT2D eigenvalue weighted by molar-refractivity contribution is 0.0714. The SMILES string of the molecule is Cc1cc(N2CCC(C)CC2)nc(N2CCN(C(=O)c3ccco3)CC2)n1. The van der Waals surface area contributed by atoms with Gasteiger partial charge in [-0.3, -0.25) is 4.79 Å². The van der Waals surface area contributed by atoms with Gasteiger partial charge in [0, 0.05) is 51.0 Å². The van der Waals surface area contributed by atoms with Gasteiger partial charge in [-0.1, -0.05) is 6.92 Å². The molecule has 1 amide bonds. The van der Waals surface area contributed by atoms with Gasteiger partial charge in [0.15, 0.2) is 5.76 Å². The van der Waals surface area contributed by atoms with E-state index >= 15 is 0 Å². The number of nitrogens with zero attached hydrogens (tertiary/aromatic N) is 5. The molecule has 7 heteroatoms. The number of aromatic nitrogens is 2. The van der Waals surface area contributed by atoms with Crippen LogP contribution in [0.4, 0.5) is 11.8 Å². The first-order chi connectivity index (χ1) is 13.1. The van der Waals surface area contributed by atoms with Crippen LogP contribution in [0.1, 0.15) is 36.0 Å². The van der Waals surface area contributed by atoms with Crippen molar-refractivity contribution >= 4 is 17.7 Å². The highest BCUT2D eigenvalue weighted by Gasteiger charge is 2.26. The second kappa shape index (κ2) is 7.58. The molecule has 2 aliphatic rings. The molecule has 2 aromatic heterocycles. The molecule has 2 aliphatic heterocycles. The Morgan fingerprint density at radius 1 is 1.07 bits per heavy atom. The van der Waals surface area contributed by atoms with Crippen molar-refractivity contribution in [1.82, 2.24) is 14.9 Å². The first-order valence-electron chi connectivity index (χ1n) is 9.78. The number of hydrogen-bond donors (Lipinski definition) is 0. The van der Waals surface area contributed by atoms with Crippen molar-refractivity contribution in [2.24, 2.45) is 5.92 Å². The monoisotopic (exact) mass is 369 g/mol. The molecule has 0 spiro atoms. The van der Waals surface area contributed by atoms with E-state index in [1.54, 1.807) is 12.1 Å². The third-order valence-corrected chi connectivity index (χ3v) is 5.52. The zero-order valence-electron chi connectivity index (χ0n) is 16.1. The van der Waals surface area contributed by atoms with Crippen molar-refractivity contribution in [3.8, 4) is 0 Å². The topological polar surface area (TPSA) is 65.7 Å². The average molecular weight is 369 g/mol. The second-order valence-electron chi connectivity index (χ2n) is 7.59. The number of piperazine rings is 1. The molecule has 27 heavy (non-hydrogen) atoms. The Hall–Kier alpha value is -2.57. The minimum atomic E-state index is -0.0482. The smallest absolute Gasteiger partial charge is 0.289 e. The molecule has 4 rings (SSSR count). The minimum Gasteiger partial charge on any atom is -0.459 e. The van der Waals surface area contributed by atoms with Crippen molar-refractivity contribution in [3.63, 3.8) is 0 Å². The van der Waals surface area contributed by atoms with E-state index in [-0.39, 0.29) is 5.91 Å². The van der Waals surface area contributed by atoms with Gasteiger partial charge in [-0.25, -0.2) is 4.98 Å². The Balaban J connectivity index is 1.43. The summed E-state index contributed by atoms with van der Waals surface area (Å²) >= 11 is 0. The fourth-order valence-electron chi connectivity index (χ4n) is 3.74. The highest BCUT2D eigenvalue weighted by Crippen LogP contribution is 2.24. The largest absolute Gasteiger partial charge is 0.459 e. The van der Waals surface area contributed by atoms with Gasteiger partial charge in [0.2, 0.25) is 5.95 Å². The molecule has 2 fully saturated rings. The molecule has 2 aromatic rings. The molecule has 2 saturated heterocycles. The van der Waals surface area contributed by atoms with Crippen LogP contribution in [0.25, 0.3) is 0 Å². The highest BCUT2D eigenvalue weighted by atomic mass is 16.3. The number of rotatable bonds is 3. The lowest BCUT2D eigenvalue weighted by Crippen LogP contribution is -2.49. The van der Waals surface area contributed by atoms with Crippen LogP contribution < -0.4 is 9.80 Å². The van der Waals surface area contributed by atoms with Gasteiger partial charge in [0.1, 0.15) is 5.82 Å². The van der Waals surface area contributed by atoms with Crippen LogP contribution in [0.2, 0.25) is 0 Å². The van der Waals surface area contributed by atoms with E-state index < -0.39 is 0 Å². The highest BCUT2D eigenvalue weighted by molar-refractivity contribution is 5.91. The summed E-state index contributed by atoms with van der Waals surface area (Å²) in [6.45, 7) is 9.21. The van der Waals surface area contributed by atoms with Gasteiger partial charge < -0.3 is 19.1 Å². The summed E-state index contributed by atoms with van der Waals surface area (Å²) in [6.07, 6.45) is 3.96. The standard InChI is InChI=1S/C20H27N5O2/c1-15-5-7-23(8-6-15)18-14-16(2)21-20(22-18)25-11-9-24(10-12-25)19(26)17-4-3-13-27-17/h3-4,13-15H,5-12H2,1-2H3. The van der Waals surface area contributed by atoms with E-state index in [0.717, 1.165) is 49.6 Å². The predicted molar refractivity (Wildman–Crippen MR) is 104 cm³/mol. The maximum atomic E-state index is 12.4. The van der Waals surface area contributed by atoms with Crippen molar-refractivity contribution in [2.75, 3.05) is 49.1 Å². The van der Waals surface area contributed by atoms with Gasteiger partial charge in [-0.2, -0.15) is 4.98 Å². The van der Waals surface area contributed by atoms with Crippen LogP contribution in [0.3, 0.4) is 0 Å². The van der Waals surface area contributed by atoms with Crippen LogP contribution >= 0.6 is 0 Å². The molecular formula is C20H27N5O2. The van der Waals surface area contributed by atoms with E-state index in [1.807, 2.05) is 11.8 Å². The molecule has 0 saturated carbocycles. The Kier molecular flexibility index (Phi) is 5.01. The molecular weight excluding hydrogens is 342 g/mol. The van der Waals surface area contributed by atoms with Crippen LogP contribution in [-0.2, 0) is 0 Å². The Morgan fingerprint density at radius 2 is 1.81 bits per heavy atom. The number of carbonyl (C=O) groups is 1. The predicted octanol–water partition coefficient (Wildman–Crippen LogP) is 2.58. The maximum Gasteiger partial charge on any atom is 0.289 e. The molecule has 0 bridgehead atoms. The van der Waals surface area contributed by atoms with Crippen molar-refractivity contribution in [1.29, 1.82) is 0 Å². The first kappa shape index (κ1) is 17.8. The second-order valence-corrected chi connectivity index (χ2v) is 7.59. The maximum absolute atomic E-state index is 12.4. The zero-order chi connectivity index (χ0) is 18.8. The van der Waals surface area contributed by atoms with Crippen LogP contribution in [0.5, 0.6) is 0 Å². The van der Waals surface area contributed by atoms with Gasteiger partial charge in [0.25, 0.3) is 5.91 Å². The molecule has 144 valence electrons. The number of carbonyl (C=O) groups excluding carboxylic acids is 1. The van der Waals surface area contributed by atoms with Crippen molar-refractivity contribution in [3.05, 3.63) is 35.9 Å². The number of amides is 1. The Morgan fingerprint density at radius 3 is 2.48 bits per heavy atom. The third-order valence-electron chi connectivity index (χ3n) is 5.52. The normalized spacial score (nSPS) is 18.8. The molecule has 0 unspecified atom stereocenters. The van der Waals surface area contributed by atoms with Crippen LogP contribution in [0.15, 0.2) is 28.9 Å². The molecule has 0 N–H and O–H groups in total. The van der Waals surface area contributed by atoms with Crippen molar-refractivity contribution < 1.29 is 9.21 Å². The van der Waals surface area contributed by atoms with Gasteiger partial charge in [-0.15, -0.1) is 0 Å². The average Bonchev–Trinajstić information content (AvgIpc) is 3.22. The zero-order valence-corrected chi connectivity index (χ0v) is 16.1. The lowest BCUT2D eigenvalue weighted by atomic mass is 9.99. The summed E-state index contributed by atoms with van der Waals surface area (Å²) in [6, 6.07) is 5.53. The summed E-state index contributed by atoms with van der Waals surface area (Å²) in [5.41, 5.74) is 0.989. The molecule has 0 aliphatic carbocycles. The number of aryl methyl sites for hydroxylation is 1. The minimum absolute atomic E-state index is 0.0482. The third kappa shape index (κ3) is 3.91. The van der Waals surface area contributed by atoms with Gasteiger partial charge in [-0.05, 0) is 37.8 Å². The first-order valence-corrected chi connectivity index (χ1v) is 9.78. The van der Waals surface area contributed by atoms with E-state index in [4.69, 9.17) is 9.40 Å². The number of hydrogen-bond acceptors (Lipinski definition) is 6. The summed E-state index contributed by atoms with van der Waals surface area (Å²) in [5, 5.41) is 0. The van der Waals surface area contributed by atoms with E-state index in [0.29, 0.717) is 18.8 Å². The number of piperidine rings is 1. The van der Waals surface area contributed by atoms with E-state index in [9.17, 15) is 4.79 Å². The molecule has 7 nitrogen and oxygen atoms in total. The summed E-state index contributed by atoms with van der Waals surface area (Å²) in [7, 11) is 0.